The standard InChI is InChI=1S/C17H30O4/c1-11(2)9-20-16(18)14-8-6-7-13(5)15(14)17(19)21-10-12(3)4/h11-15H,6-10H2,1-5H3. The molecule has 0 spiro atoms. The van der Waals surface area contributed by atoms with Crippen molar-refractivity contribution < 1.29 is 19.1 Å². The Morgan fingerprint density at radius 1 is 0.952 bits per heavy atom. The molecule has 0 radical (unpaired) electrons. The fourth-order valence-corrected chi connectivity index (χ4v) is 2.78. The van der Waals surface area contributed by atoms with Crippen LogP contribution in [0.25, 0.3) is 0 Å². The summed E-state index contributed by atoms with van der Waals surface area (Å²) < 4.78 is 10.7. The van der Waals surface area contributed by atoms with Crippen molar-refractivity contribution in [2.45, 2.75) is 53.9 Å². The molecule has 3 atom stereocenters. The molecular weight excluding hydrogens is 268 g/mol. The highest BCUT2D eigenvalue weighted by Gasteiger charge is 2.42. The summed E-state index contributed by atoms with van der Waals surface area (Å²) in [5.74, 6) is -0.371. The number of rotatable bonds is 6. The van der Waals surface area contributed by atoms with Crippen LogP contribution in [-0.4, -0.2) is 25.2 Å². The van der Waals surface area contributed by atoms with Gasteiger partial charge < -0.3 is 9.47 Å². The molecule has 1 rings (SSSR count). The SMILES string of the molecule is CC(C)COC(=O)C1CCCC(C)C1C(=O)OCC(C)C. The Kier molecular flexibility index (Phi) is 7.20. The monoisotopic (exact) mass is 298 g/mol. The maximum atomic E-state index is 12.3. The molecule has 0 aliphatic heterocycles. The van der Waals surface area contributed by atoms with Gasteiger partial charge in [-0.25, -0.2) is 0 Å². The van der Waals surface area contributed by atoms with E-state index in [1.807, 2.05) is 34.6 Å². The summed E-state index contributed by atoms with van der Waals surface area (Å²) in [6.45, 7) is 10.9. The lowest BCUT2D eigenvalue weighted by atomic mass is 9.72. The van der Waals surface area contributed by atoms with Crippen molar-refractivity contribution in [3.8, 4) is 0 Å². The number of carbonyl (C=O) groups excluding carboxylic acids is 2. The van der Waals surface area contributed by atoms with Crippen LogP contribution < -0.4 is 0 Å². The van der Waals surface area contributed by atoms with E-state index in [9.17, 15) is 9.59 Å². The first kappa shape index (κ1) is 18.0. The van der Waals surface area contributed by atoms with E-state index in [2.05, 4.69) is 0 Å². The molecule has 21 heavy (non-hydrogen) atoms. The fraction of sp³-hybridized carbons (Fsp3) is 0.882. The van der Waals surface area contributed by atoms with Gasteiger partial charge in [-0.1, -0.05) is 41.0 Å². The lowest BCUT2D eigenvalue weighted by Gasteiger charge is -2.33. The van der Waals surface area contributed by atoms with Crippen molar-refractivity contribution in [1.82, 2.24) is 0 Å². The first-order valence-electron chi connectivity index (χ1n) is 8.16. The van der Waals surface area contributed by atoms with E-state index >= 15 is 0 Å². The quantitative estimate of drug-likeness (QED) is 0.705. The second kappa shape index (κ2) is 8.40. The first-order valence-corrected chi connectivity index (χ1v) is 8.16. The Balaban J connectivity index is 2.69. The number of ether oxygens (including phenoxy) is 2. The molecule has 1 fully saturated rings. The third-order valence-corrected chi connectivity index (χ3v) is 3.91. The summed E-state index contributed by atoms with van der Waals surface area (Å²) in [4.78, 5) is 24.6. The number of hydrogen-bond acceptors (Lipinski definition) is 4. The van der Waals surface area contributed by atoms with Crippen LogP contribution in [0.1, 0.15) is 53.9 Å². The van der Waals surface area contributed by atoms with E-state index in [-0.39, 0.29) is 29.7 Å². The van der Waals surface area contributed by atoms with Crippen LogP contribution in [0.4, 0.5) is 0 Å². The second-order valence-electron chi connectivity index (χ2n) is 7.09. The molecule has 1 aliphatic rings. The summed E-state index contributed by atoms with van der Waals surface area (Å²) >= 11 is 0. The van der Waals surface area contributed by atoms with Crippen molar-refractivity contribution in [1.29, 1.82) is 0 Å². The summed E-state index contributed by atoms with van der Waals surface area (Å²) in [7, 11) is 0. The van der Waals surface area contributed by atoms with Gasteiger partial charge in [-0.3, -0.25) is 9.59 Å². The Morgan fingerprint density at radius 2 is 1.48 bits per heavy atom. The van der Waals surface area contributed by atoms with Crippen LogP contribution in [0, 0.1) is 29.6 Å². The van der Waals surface area contributed by atoms with E-state index in [1.54, 1.807) is 0 Å². The minimum Gasteiger partial charge on any atom is -0.465 e. The van der Waals surface area contributed by atoms with Crippen molar-refractivity contribution >= 4 is 11.9 Å². The molecule has 4 nitrogen and oxygen atoms in total. The van der Waals surface area contributed by atoms with E-state index in [0.29, 0.717) is 25.0 Å². The highest BCUT2D eigenvalue weighted by atomic mass is 16.5. The number of esters is 2. The Morgan fingerprint density at radius 3 is 2.00 bits per heavy atom. The summed E-state index contributed by atoms with van der Waals surface area (Å²) in [5, 5.41) is 0. The van der Waals surface area contributed by atoms with E-state index in [0.717, 1.165) is 19.3 Å². The summed E-state index contributed by atoms with van der Waals surface area (Å²) in [6, 6.07) is 0. The molecule has 3 unspecified atom stereocenters. The first-order chi connectivity index (χ1) is 9.82. The van der Waals surface area contributed by atoms with Gasteiger partial charge in [0.1, 0.15) is 0 Å². The Bertz CT molecular complexity index is 349. The average Bonchev–Trinajstić information content (AvgIpc) is 2.41. The van der Waals surface area contributed by atoms with Crippen LogP contribution >= 0.6 is 0 Å². The third kappa shape index (κ3) is 5.68. The third-order valence-electron chi connectivity index (χ3n) is 3.91. The Hall–Kier alpha value is -1.06. The lowest BCUT2D eigenvalue weighted by Crippen LogP contribution is -2.40. The number of hydrogen-bond donors (Lipinski definition) is 0. The van der Waals surface area contributed by atoms with Gasteiger partial charge in [0.15, 0.2) is 0 Å². The Labute approximate surface area is 128 Å². The smallest absolute Gasteiger partial charge is 0.310 e. The predicted octanol–water partition coefficient (Wildman–Crippen LogP) is 3.44. The van der Waals surface area contributed by atoms with Gasteiger partial charge in [-0.05, 0) is 30.6 Å². The maximum Gasteiger partial charge on any atom is 0.310 e. The normalized spacial score (nSPS) is 26.0. The highest BCUT2D eigenvalue weighted by Crippen LogP contribution is 2.36. The molecular formula is C17H30O4. The zero-order valence-electron chi connectivity index (χ0n) is 14.1. The topological polar surface area (TPSA) is 52.6 Å². The second-order valence-corrected chi connectivity index (χ2v) is 7.09. The minimum absolute atomic E-state index is 0.176. The zero-order valence-corrected chi connectivity index (χ0v) is 14.1. The van der Waals surface area contributed by atoms with Crippen molar-refractivity contribution in [3.05, 3.63) is 0 Å². The molecule has 4 heteroatoms. The molecule has 1 aliphatic carbocycles. The molecule has 0 N–H and O–H groups in total. The maximum absolute atomic E-state index is 12.3. The summed E-state index contributed by atoms with van der Waals surface area (Å²) in [5.41, 5.74) is 0. The van der Waals surface area contributed by atoms with Gasteiger partial charge in [-0.2, -0.15) is 0 Å². The molecule has 122 valence electrons. The molecule has 0 heterocycles. The van der Waals surface area contributed by atoms with Gasteiger partial charge in [0, 0.05) is 0 Å². The molecule has 0 bridgehead atoms. The lowest BCUT2D eigenvalue weighted by molar-refractivity contribution is -0.166. The van der Waals surface area contributed by atoms with Gasteiger partial charge in [0.2, 0.25) is 0 Å². The van der Waals surface area contributed by atoms with Crippen LogP contribution in [0.15, 0.2) is 0 Å². The van der Waals surface area contributed by atoms with Gasteiger partial charge in [0.05, 0.1) is 25.0 Å². The van der Waals surface area contributed by atoms with E-state index in [1.165, 1.54) is 0 Å². The van der Waals surface area contributed by atoms with Crippen molar-refractivity contribution in [2.75, 3.05) is 13.2 Å². The molecule has 0 aromatic heterocycles. The van der Waals surface area contributed by atoms with Crippen LogP contribution in [0.3, 0.4) is 0 Å². The average molecular weight is 298 g/mol. The largest absolute Gasteiger partial charge is 0.465 e. The number of carbonyl (C=O) groups is 2. The fourth-order valence-electron chi connectivity index (χ4n) is 2.78. The molecule has 0 aromatic rings. The predicted molar refractivity (Wildman–Crippen MR) is 81.6 cm³/mol. The van der Waals surface area contributed by atoms with Gasteiger partial charge in [-0.15, -0.1) is 0 Å². The van der Waals surface area contributed by atoms with Gasteiger partial charge >= 0.3 is 11.9 Å². The summed E-state index contributed by atoms with van der Waals surface area (Å²) in [6.07, 6.45) is 2.66. The molecule has 0 saturated heterocycles. The zero-order chi connectivity index (χ0) is 16.0. The van der Waals surface area contributed by atoms with E-state index < -0.39 is 0 Å². The van der Waals surface area contributed by atoms with Gasteiger partial charge in [0.25, 0.3) is 0 Å². The highest BCUT2D eigenvalue weighted by molar-refractivity contribution is 5.82. The molecule has 0 aromatic carbocycles. The van der Waals surface area contributed by atoms with Crippen molar-refractivity contribution in [2.24, 2.45) is 29.6 Å². The minimum atomic E-state index is -0.350. The van der Waals surface area contributed by atoms with Crippen LogP contribution in [0.5, 0.6) is 0 Å². The van der Waals surface area contributed by atoms with E-state index in [4.69, 9.17) is 9.47 Å². The molecule has 0 amide bonds. The van der Waals surface area contributed by atoms with Crippen LogP contribution in [-0.2, 0) is 19.1 Å². The molecule has 1 saturated carbocycles. The van der Waals surface area contributed by atoms with Crippen molar-refractivity contribution in [3.63, 3.8) is 0 Å². The van der Waals surface area contributed by atoms with Crippen LogP contribution in [0.2, 0.25) is 0 Å².